The van der Waals surface area contributed by atoms with Gasteiger partial charge in [-0.05, 0) is 48.3 Å². The van der Waals surface area contributed by atoms with E-state index in [2.05, 4.69) is 15.9 Å². The molecule has 1 heterocycles. The molecule has 0 aliphatic heterocycles. The topological polar surface area (TPSA) is 73.7 Å². The van der Waals surface area contributed by atoms with Gasteiger partial charge in [0.05, 0.1) is 41.3 Å². The second-order valence-electron chi connectivity index (χ2n) is 7.40. The summed E-state index contributed by atoms with van der Waals surface area (Å²) in [6.45, 7) is 6.30. The number of hydrogen-bond acceptors (Lipinski definition) is 5. The van der Waals surface area contributed by atoms with Gasteiger partial charge in [-0.3, -0.25) is 14.2 Å². The average molecular weight is 502 g/mol. The average Bonchev–Trinajstić information content (AvgIpc) is 2.80. The van der Waals surface area contributed by atoms with Crippen molar-refractivity contribution >= 4 is 32.7 Å². The van der Waals surface area contributed by atoms with Crippen molar-refractivity contribution in [2.24, 2.45) is 0 Å². The number of nitrogens with zero attached hydrogens (tertiary/aromatic N) is 3. The minimum atomic E-state index is -0.430. The number of amides is 1. The Morgan fingerprint density at radius 2 is 1.91 bits per heavy atom. The number of hydrogen-bond donors (Lipinski definition) is 0. The zero-order valence-corrected chi connectivity index (χ0v) is 20.6. The van der Waals surface area contributed by atoms with E-state index in [-0.39, 0.29) is 11.5 Å². The largest absolute Gasteiger partial charge is 0.497 e. The predicted molar refractivity (Wildman–Crippen MR) is 129 cm³/mol. The zero-order chi connectivity index (χ0) is 23.4. The van der Waals surface area contributed by atoms with Gasteiger partial charge >= 0.3 is 0 Å². The molecule has 2 aromatic carbocycles. The summed E-state index contributed by atoms with van der Waals surface area (Å²) in [4.78, 5) is 33.1. The molecule has 3 aromatic rings. The number of carbonyl (C=O) groups is 1. The summed E-state index contributed by atoms with van der Waals surface area (Å²) in [5.74, 6) is 1.55. The Kier molecular flexibility index (Phi) is 7.56. The number of aromatic nitrogens is 2. The van der Waals surface area contributed by atoms with E-state index in [1.54, 1.807) is 41.9 Å². The van der Waals surface area contributed by atoms with Gasteiger partial charge in [-0.2, -0.15) is 0 Å². The van der Waals surface area contributed by atoms with Crippen molar-refractivity contribution in [1.29, 1.82) is 0 Å². The van der Waals surface area contributed by atoms with Crippen LogP contribution in [0.4, 0.5) is 0 Å². The first kappa shape index (κ1) is 23.8. The maximum Gasteiger partial charge on any atom is 0.266 e. The molecule has 1 unspecified atom stereocenters. The molecule has 1 aromatic heterocycles. The van der Waals surface area contributed by atoms with Crippen LogP contribution in [0.15, 0.2) is 45.7 Å². The summed E-state index contributed by atoms with van der Waals surface area (Å²) in [6.07, 6.45) is 1.19. The van der Waals surface area contributed by atoms with Gasteiger partial charge < -0.3 is 14.4 Å². The summed E-state index contributed by atoms with van der Waals surface area (Å²) in [5.41, 5.74) is 0.887. The summed E-state index contributed by atoms with van der Waals surface area (Å²) < 4.78 is 13.1. The molecule has 3 rings (SSSR count). The van der Waals surface area contributed by atoms with Crippen LogP contribution in [0.25, 0.3) is 16.6 Å². The van der Waals surface area contributed by atoms with Crippen molar-refractivity contribution in [3.8, 4) is 17.2 Å². The third kappa shape index (κ3) is 4.37. The molecule has 1 atom stereocenters. The van der Waals surface area contributed by atoms with Crippen LogP contribution in [0, 0.1) is 0 Å². The third-order valence-electron chi connectivity index (χ3n) is 5.46. The fourth-order valence-electron chi connectivity index (χ4n) is 3.81. The molecule has 0 N–H and O–H groups in total. The number of ether oxygens (including phenoxy) is 2. The highest BCUT2D eigenvalue weighted by Crippen LogP contribution is 2.36. The summed E-state index contributed by atoms with van der Waals surface area (Å²) >= 11 is 3.58. The van der Waals surface area contributed by atoms with Crippen LogP contribution >= 0.6 is 15.9 Å². The Labute approximate surface area is 196 Å². The van der Waals surface area contributed by atoms with E-state index in [9.17, 15) is 9.59 Å². The number of fused-ring (bicyclic) bond motifs is 1. The third-order valence-corrected chi connectivity index (χ3v) is 6.25. The van der Waals surface area contributed by atoms with Crippen molar-refractivity contribution in [3.63, 3.8) is 0 Å². The first-order chi connectivity index (χ1) is 15.4. The van der Waals surface area contributed by atoms with Gasteiger partial charge in [0, 0.05) is 25.1 Å². The van der Waals surface area contributed by atoms with Crippen molar-refractivity contribution < 1.29 is 14.3 Å². The Balaban J connectivity index is 2.37. The highest BCUT2D eigenvalue weighted by Gasteiger charge is 2.27. The molecule has 0 spiro atoms. The number of benzene rings is 2. The van der Waals surface area contributed by atoms with E-state index >= 15 is 0 Å². The van der Waals surface area contributed by atoms with Crippen LogP contribution in [0.1, 0.15) is 45.5 Å². The molecule has 8 heteroatoms. The highest BCUT2D eigenvalue weighted by molar-refractivity contribution is 9.10. The van der Waals surface area contributed by atoms with Gasteiger partial charge in [0.25, 0.3) is 5.56 Å². The lowest BCUT2D eigenvalue weighted by Gasteiger charge is -2.30. The number of carbonyl (C=O) groups excluding carboxylic acids is 1. The van der Waals surface area contributed by atoms with Crippen LogP contribution < -0.4 is 15.0 Å². The lowest BCUT2D eigenvalue weighted by atomic mass is 10.1. The Morgan fingerprint density at radius 1 is 1.19 bits per heavy atom. The first-order valence-electron chi connectivity index (χ1n) is 10.6. The number of rotatable bonds is 8. The number of halogens is 1. The van der Waals surface area contributed by atoms with Crippen LogP contribution in [0.3, 0.4) is 0 Å². The molecule has 0 saturated heterocycles. The standard InChI is InChI=1S/C24H28BrN3O4/c1-6-10-21(29)27(7-2)15(3)23-26-18-12-9-8-11-17(18)24(30)28(23)19-13-16(31-4)14-20(32-5)22(19)25/h8-9,11-15H,6-7,10H2,1-5H3. The molecule has 0 radical (unpaired) electrons. The van der Waals surface area contributed by atoms with Crippen LogP contribution in [-0.2, 0) is 4.79 Å². The van der Waals surface area contributed by atoms with Gasteiger partial charge in [0.2, 0.25) is 5.91 Å². The maximum atomic E-state index is 13.7. The van der Waals surface area contributed by atoms with Gasteiger partial charge in [0.15, 0.2) is 0 Å². The SMILES string of the molecule is CCCC(=O)N(CC)C(C)c1nc2ccccc2c(=O)n1-c1cc(OC)cc(OC)c1Br. The molecular formula is C24H28BrN3O4. The van der Waals surface area contributed by atoms with E-state index < -0.39 is 6.04 Å². The second-order valence-corrected chi connectivity index (χ2v) is 8.19. The number of methoxy groups -OCH3 is 2. The lowest BCUT2D eigenvalue weighted by molar-refractivity contribution is -0.133. The van der Waals surface area contributed by atoms with Gasteiger partial charge in [-0.25, -0.2) is 4.98 Å². The Bertz CT molecular complexity index is 1190. The zero-order valence-electron chi connectivity index (χ0n) is 19.0. The van der Waals surface area contributed by atoms with Crippen LogP contribution in [0.5, 0.6) is 11.5 Å². The second kappa shape index (κ2) is 10.2. The van der Waals surface area contributed by atoms with E-state index in [1.807, 2.05) is 39.0 Å². The molecule has 0 fully saturated rings. The molecule has 7 nitrogen and oxygen atoms in total. The number of para-hydroxylation sites is 1. The van der Waals surface area contributed by atoms with Gasteiger partial charge in [-0.1, -0.05) is 19.1 Å². The summed E-state index contributed by atoms with van der Waals surface area (Å²) in [7, 11) is 3.11. The van der Waals surface area contributed by atoms with Crippen LogP contribution in [0.2, 0.25) is 0 Å². The van der Waals surface area contributed by atoms with E-state index in [0.29, 0.717) is 51.4 Å². The summed E-state index contributed by atoms with van der Waals surface area (Å²) in [6, 6.07) is 10.3. The molecule has 0 aliphatic carbocycles. The molecule has 32 heavy (non-hydrogen) atoms. The quantitative estimate of drug-likeness (QED) is 0.439. The summed E-state index contributed by atoms with van der Waals surface area (Å²) in [5, 5.41) is 0.486. The smallest absolute Gasteiger partial charge is 0.266 e. The Hall–Kier alpha value is -2.87. The van der Waals surface area contributed by atoms with Crippen molar-refractivity contribution in [3.05, 3.63) is 57.0 Å². The molecule has 0 saturated carbocycles. The minimum Gasteiger partial charge on any atom is -0.497 e. The maximum absolute atomic E-state index is 13.7. The van der Waals surface area contributed by atoms with E-state index in [0.717, 1.165) is 6.42 Å². The van der Waals surface area contributed by atoms with Gasteiger partial charge in [0.1, 0.15) is 17.3 Å². The normalized spacial score (nSPS) is 11.9. The highest BCUT2D eigenvalue weighted by atomic mass is 79.9. The van der Waals surface area contributed by atoms with E-state index in [4.69, 9.17) is 14.5 Å². The lowest BCUT2D eigenvalue weighted by Crippen LogP contribution is -2.37. The van der Waals surface area contributed by atoms with Crippen molar-refractivity contribution in [1.82, 2.24) is 14.5 Å². The minimum absolute atomic E-state index is 0.0266. The molecule has 170 valence electrons. The van der Waals surface area contributed by atoms with Crippen molar-refractivity contribution in [2.45, 2.75) is 39.7 Å². The fourth-order valence-corrected chi connectivity index (χ4v) is 4.38. The van der Waals surface area contributed by atoms with Crippen molar-refractivity contribution in [2.75, 3.05) is 20.8 Å². The molecular weight excluding hydrogens is 474 g/mol. The fraction of sp³-hybridized carbons (Fsp3) is 0.375. The Morgan fingerprint density at radius 3 is 2.53 bits per heavy atom. The van der Waals surface area contributed by atoms with E-state index in [1.165, 1.54) is 0 Å². The van der Waals surface area contributed by atoms with Gasteiger partial charge in [-0.15, -0.1) is 0 Å². The predicted octanol–water partition coefficient (Wildman–Crippen LogP) is 4.88. The molecule has 1 amide bonds. The monoisotopic (exact) mass is 501 g/mol. The molecule has 0 aliphatic rings. The first-order valence-corrected chi connectivity index (χ1v) is 11.4. The van der Waals surface area contributed by atoms with Crippen LogP contribution in [-0.4, -0.2) is 41.1 Å². The molecule has 0 bridgehead atoms.